The van der Waals surface area contributed by atoms with E-state index in [4.69, 9.17) is 9.15 Å². The normalized spacial score (nSPS) is 12.3. The van der Waals surface area contributed by atoms with Crippen LogP contribution in [0.4, 0.5) is 0 Å². The number of benzene rings is 3. The first-order valence-corrected chi connectivity index (χ1v) is 11.5. The molecule has 34 heavy (non-hydrogen) atoms. The Morgan fingerprint density at radius 2 is 1.88 bits per heavy atom. The number of para-hydroxylation sites is 1. The van der Waals surface area contributed by atoms with Crippen molar-refractivity contribution >= 4 is 27.7 Å². The molecule has 5 aromatic rings. The molecule has 0 saturated heterocycles. The van der Waals surface area contributed by atoms with Gasteiger partial charge in [0.1, 0.15) is 17.0 Å². The summed E-state index contributed by atoms with van der Waals surface area (Å²) in [6.45, 7) is 2.37. The second kappa shape index (κ2) is 9.53. The lowest BCUT2D eigenvalue weighted by Gasteiger charge is -2.16. The van der Waals surface area contributed by atoms with Crippen molar-refractivity contribution in [2.75, 3.05) is 13.2 Å². The van der Waals surface area contributed by atoms with Gasteiger partial charge in [0, 0.05) is 17.7 Å². The zero-order chi connectivity index (χ0) is 23.5. The van der Waals surface area contributed by atoms with Gasteiger partial charge in [-0.15, -0.1) is 0 Å². The zero-order valence-electron chi connectivity index (χ0n) is 19.0. The molecule has 2 aromatic heterocycles. The summed E-state index contributed by atoms with van der Waals surface area (Å²) in [6, 6.07) is 22.9. The minimum absolute atomic E-state index is 0.0901. The van der Waals surface area contributed by atoms with E-state index in [1.807, 2.05) is 73.7 Å². The lowest BCUT2D eigenvalue weighted by atomic mass is 9.91. The highest BCUT2D eigenvalue weighted by Crippen LogP contribution is 2.39. The van der Waals surface area contributed by atoms with Crippen LogP contribution in [0.25, 0.3) is 33.3 Å². The fourth-order valence-electron chi connectivity index (χ4n) is 4.28. The molecule has 3 aromatic carbocycles. The van der Waals surface area contributed by atoms with Crippen molar-refractivity contribution in [1.82, 2.24) is 10.2 Å². The fraction of sp³-hybridized carbons (Fsp3) is 0.214. The van der Waals surface area contributed by atoms with Gasteiger partial charge in [0.2, 0.25) is 0 Å². The van der Waals surface area contributed by atoms with E-state index in [9.17, 15) is 9.90 Å². The van der Waals surface area contributed by atoms with E-state index in [1.54, 1.807) is 6.07 Å². The molecule has 2 heterocycles. The molecular weight excluding hydrogens is 428 g/mol. The summed E-state index contributed by atoms with van der Waals surface area (Å²) < 4.78 is 12.2. The Kier molecular flexibility index (Phi) is 6.14. The van der Waals surface area contributed by atoms with Crippen molar-refractivity contribution in [3.05, 3.63) is 83.9 Å². The van der Waals surface area contributed by atoms with E-state index in [0.29, 0.717) is 34.9 Å². The quantitative estimate of drug-likeness (QED) is 0.262. The van der Waals surface area contributed by atoms with E-state index in [0.717, 1.165) is 28.3 Å². The van der Waals surface area contributed by atoms with Crippen LogP contribution in [0.5, 0.6) is 5.75 Å². The number of nitrogens with zero attached hydrogens (tertiary/aromatic N) is 1. The third kappa shape index (κ3) is 4.08. The Balaban J connectivity index is 1.59. The standard InChI is InChI=1S/C28H26N2O4/c1-2-14-33-28-21(23(32)15-20(17-31)18-8-4-3-5-9-18)12-13-22-26(28)27(30-29-22)25-16-19-10-6-7-11-24(19)34-25/h3-13,16,20,31H,2,14-15,17H2,1H3,(H,29,30). The smallest absolute Gasteiger partial charge is 0.167 e. The molecule has 0 bridgehead atoms. The average Bonchev–Trinajstić information content (AvgIpc) is 3.50. The number of furan rings is 1. The summed E-state index contributed by atoms with van der Waals surface area (Å²) in [5, 5.41) is 19.2. The molecule has 6 nitrogen and oxygen atoms in total. The monoisotopic (exact) mass is 454 g/mol. The third-order valence-electron chi connectivity index (χ3n) is 6.02. The van der Waals surface area contributed by atoms with E-state index in [1.165, 1.54) is 0 Å². The zero-order valence-corrected chi connectivity index (χ0v) is 19.0. The number of ether oxygens (including phenoxy) is 1. The molecule has 0 fully saturated rings. The van der Waals surface area contributed by atoms with Crippen molar-refractivity contribution in [3.8, 4) is 17.2 Å². The van der Waals surface area contributed by atoms with Crippen molar-refractivity contribution in [2.24, 2.45) is 0 Å². The number of aromatic nitrogens is 2. The second-order valence-corrected chi connectivity index (χ2v) is 8.35. The molecule has 172 valence electrons. The van der Waals surface area contributed by atoms with E-state index < -0.39 is 0 Å². The molecule has 5 rings (SSSR count). The number of aliphatic hydroxyl groups is 1. The molecule has 1 unspecified atom stereocenters. The first kappa shape index (κ1) is 21.9. The number of carbonyl (C=O) groups excluding carboxylic acids is 1. The number of hydrogen-bond acceptors (Lipinski definition) is 5. The van der Waals surface area contributed by atoms with Crippen molar-refractivity contribution in [1.29, 1.82) is 0 Å². The van der Waals surface area contributed by atoms with Crippen LogP contribution in [0.3, 0.4) is 0 Å². The van der Waals surface area contributed by atoms with Gasteiger partial charge in [-0.2, -0.15) is 5.10 Å². The number of aromatic amines is 1. The van der Waals surface area contributed by atoms with Crippen LogP contribution >= 0.6 is 0 Å². The van der Waals surface area contributed by atoms with E-state index in [2.05, 4.69) is 10.2 Å². The van der Waals surface area contributed by atoms with Gasteiger partial charge in [-0.25, -0.2) is 0 Å². The molecule has 0 amide bonds. The van der Waals surface area contributed by atoms with Crippen molar-refractivity contribution in [2.45, 2.75) is 25.7 Å². The number of carbonyl (C=O) groups is 1. The Morgan fingerprint density at radius 1 is 1.09 bits per heavy atom. The predicted molar refractivity (Wildman–Crippen MR) is 132 cm³/mol. The van der Waals surface area contributed by atoms with Crippen LogP contribution < -0.4 is 4.74 Å². The summed E-state index contributed by atoms with van der Waals surface area (Å²) in [5.74, 6) is 0.751. The number of ketones is 1. The largest absolute Gasteiger partial charge is 0.492 e. The van der Waals surface area contributed by atoms with Crippen LogP contribution in [0.2, 0.25) is 0 Å². The number of H-pyrrole nitrogens is 1. The number of hydrogen-bond donors (Lipinski definition) is 2. The second-order valence-electron chi connectivity index (χ2n) is 8.35. The maximum absolute atomic E-state index is 13.5. The van der Waals surface area contributed by atoms with Gasteiger partial charge in [0.25, 0.3) is 0 Å². The average molecular weight is 455 g/mol. The Morgan fingerprint density at radius 3 is 2.65 bits per heavy atom. The van der Waals surface area contributed by atoms with Gasteiger partial charge in [0.15, 0.2) is 11.5 Å². The van der Waals surface area contributed by atoms with Gasteiger partial charge >= 0.3 is 0 Å². The summed E-state index contributed by atoms with van der Waals surface area (Å²) in [4.78, 5) is 13.5. The molecule has 0 aliphatic heterocycles. The molecule has 0 saturated carbocycles. The number of aliphatic hydroxyl groups excluding tert-OH is 1. The first-order valence-electron chi connectivity index (χ1n) is 11.5. The Labute approximate surface area is 197 Å². The SMILES string of the molecule is CCCOc1c(C(=O)CC(CO)c2ccccc2)ccc2n[nH]c(-c3cc4ccccc4o3)c12. The summed E-state index contributed by atoms with van der Waals surface area (Å²) >= 11 is 0. The Bertz CT molecular complexity index is 1400. The van der Waals surface area contributed by atoms with Crippen LogP contribution in [-0.2, 0) is 0 Å². The summed E-state index contributed by atoms with van der Waals surface area (Å²) in [7, 11) is 0. The van der Waals surface area contributed by atoms with Gasteiger partial charge in [-0.1, -0.05) is 55.5 Å². The molecule has 0 radical (unpaired) electrons. The third-order valence-corrected chi connectivity index (χ3v) is 6.02. The predicted octanol–water partition coefficient (Wildman–Crippen LogP) is 6.11. The highest BCUT2D eigenvalue weighted by atomic mass is 16.5. The summed E-state index contributed by atoms with van der Waals surface area (Å²) in [5.41, 5.74) is 3.56. The number of nitrogens with one attached hydrogen (secondary N) is 1. The number of fused-ring (bicyclic) bond motifs is 2. The summed E-state index contributed by atoms with van der Waals surface area (Å²) in [6.07, 6.45) is 0.970. The molecule has 1 atom stereocenters. The molecule has 6 heteroatoms. The molecule has 2 N–H and O–H groups in total. The minimum atomic E-state index is -0.289. The van der Waals surface area contributed by atoms with Crippen molar-refractivity contribution < 1.29 is 19.1 Å². The van der Waals surface area contributed by atoms with Crippen LogP contribution in [0, 0.1) is 0 Å². The maximum atomic E-state index is 13.5. The van der Waals surface area contributed by atoms with Crippen LogP contribution in [-0.4, -0.2) is 34.3 Å². The Hall–Kier alpha value is -3.90. The van der Waals surface area contributed by atoms with Crippen molar-refractivity contribution in [3.63, 3.8) is 0 Å². The molecule has 0 aliphatic carbocycles. The van der Waals surface area contributed by atoms with Gasteiger partial charge < -0.3 is 14.3 Å². The molecule has 0 aliphatic rings. The number of Topliss-reactive ketones (excluding diaryl/α,β-unsaturated/α-hetero) is 1. The highest BCUT2D eigenvalue weighted by molar-refractivity contribution is 6.08. The minimum Gasteiger partial charge on any atom is -0.492 e. The molecule has 0 spiro atoms. The molecular formula is C28H26N2O4. The lowest BCUT2D eigenvalue weighted by Crippen LogP contribution is -2.13. The lowest BCUT2D eigenvalue weighted by molar-refractivity contribution is 0.0956. The highest BCUT2D eigenvalue weighted by Gasteiger charge is 2.24. The van der Waals surface area contributed by atoms with E-state index >= 15 is 0 Å². The van der Waals surface area contributed by atoms with Gasteiger partial charge in [0.05, 0.1) is 29.7 Å². The fourth-order valence-corrected chi connectivity index (χ4v) is 4.28. The topological polar surface area (TPSA) is 88.4 Å². The van der Waals surface area contributed by atoms with Gasteiger partial charge in [-0.05, 0) is 36.2 Å². The van der Waals surface area contributed by atoms with E-state index in [-0.39, 0.29) is 24.7 Å². The first-order chi connectivity index (χ1) is 16.7. The maximum Gasteiger partial charge on any atom is 0.167 e. The van der Waals surface area contributed by atoms with Gasteiger partial charge in [-0.3, -0.25) is 9.89 Å². The van der Waals surface area contributed by atoms with Crippen LogP contribution in [0.1, 0.15) is 41.6 Å². The van der Waals surface area contributed by atoms with Crippen LogP contribution in [0.15, 0.2) is 77.2 Å². The number of rotatable bonds is 9.